The molecule has 2 aromatic rings. The van der Waals surface area contributed by atoms with Crippen molar-refractivity contribution in [1.29, 1.82) is 0 Å². The zero-order valence-corrected chi connectivity index (χ0v) is 21.8. The molecule has 0 spiro atoms. The van der Waals surface area contributed by atoms with Gasteiger partial charge in [0.1, 0.15) is 5.82 Å². The lowest BCUT2D eigenvalue weighted by molar-refractivity contribution is 0.0724. The van der Waals surface area contributed by atoms with Crippen molar-refractivity contribution in [2.75, 3.05) is 49.5 Å². The highest BCUT2D eigenvalue weighted by Crippen LogP contribution is 2.28. The third kappa shape index (κ3) is 6.78. The molecule has 2 fully saturated rings. The molecule has 0 bridgehead atoms. The van der Waals surface area contributed by atoms with Gasteiger partial charge < -0.3 is 25.3 Å². The van der Waals surface area contributed by atoms with Crippen molar-refractivity contribution in [2.45, 2.75) is 45.6 Å². The van der Waals surface area contributed by atoms with Crippen LogP contribution in [-0.2, 0) is 0 Å². The number of benzene rings is 2. The SMILES string of the molecule is CC(C)(C)NC(=O)N1CCN(c2ccc(NC(=O)c3ccc(F)cc3)cc2C(=O)N2CCCCC2)CC1. The van der Waals surface area contributed by atoms with Gasteiger partial charge in [0, 0.05) is 61.7 Å². The number of halogens is 1. The van der Waals surface area contributed by atoms with Crippen molar-refractivity contribution in [2.24, 2.45) is 0 Å². The third-order valence-electron chi connectivity index (χ3n) is 6.62. The van der Waals surface area contributed by atoms with Crippen LogP contribution in [-0.4, -0.2) is 72.5 Å². The average Bonchev–Trinajstić information content (AvgIpc) is 2.88. The number of carbonyl (C=O) groups is 3. The molecule has 198 valence electrons. The molecule has 0 aliphatic carbocycles. The normalized spacial score (nSPS) is 16.4. The van der Waals surface area contributed by atoms with E-state index in [0.29, 0.717) is 56.1 Å². The van der Waals surface area contributed by atoms with Crippen molar-refractivity contribution >= 4 is 29.2 Å². The maximum absolute atomic E-state index is 13.6. The van der Waals surface area contributed by atoms with Crippen LogP contribution in [0.15, 0.2) is 42.5 Å². The minimum Gasteiger partial charge on any atom is -0.367 e. The first-order chi connectivity index (χ1) is 17.6. The van der Waals surface area contributed by atoms with E-state index in [9.17, 15) is 18.8 Å². The Morgan fingerprint density at radius 2 is 1.46 bits per heavy atom. The Bertz CT molecular complexity index is 1130. The number of nitrogens with zero attached hydrogens (tertiary/aromatic N) is 3. The molecule has 8 nitrogen and oxygen atoms in total. The maximum atomic E-state index is 13.6. The lowest BCUT2D eigenvalue weighted by atomic mass is 10.1. The van der Waals surface area contributed by atoms with Crippen LogP contribution in [0.25, 0.3) is 0 Å². The molecule has 37 heavy (non-hydrogen) atoms. The van der Waals surface area contributed by atoms with E-state index in [1.165, 1.54) is 24.3 Å². The Hall–Kier alpha value is -3.62. The first-order valence-electron chi connectivity index (χ1n) is 12.9. The smallest absolute Gasteiger partial charge is 0.317 e. The number of hydrogen-bond donors (Lipinski definition) is 2. The number of nitrogens with one attached hydrogen (secondary N) is 2. The quantitative estimate of drug-likeness (QED) is 0.643. The van der Waals surface area contributed by atoms with Crippen molar-refractivity contribution in [3.63, 3.8) is 0 Å². The van der Waals surface area contributed by atoms with E-state index in [4.69, 9.17) is 0 Å². The molecule has 2 aliphatic heterocycles. The number of piperazine rings is 1. The summed E-state index contributed by atoms with van der Waals surface area (Å²) >= 11 is 0. The Labute approximate surface area is 217 Å². The van der Waals surface area contributed by atoms with Crippen LogP contribution in [0.5, 0.6) is 0 Å². The predicted octanol–water partition coefficient (Wildman–Crippen LogP) is 4.33. The Balaban J connectivity index is 1.54. The molecular weight excluding hydrogens is 473 g/mol. The summed E-state index contributed by atoms with van der Waals surface area (Å²) in [6.45, 7) is 9.57. The van der Waals surface area contributed by atoms with E-state index in [0.717, 1.165) is 24.9 Å². The van der Waals surface area contributed by atoms with E-state index in [-0.39, 0.29) is 23.4 Å². The van der Waals surface area contributed by atoms with E-state index in [1.54, 1.807) is 17.0 Å². The summed E-state index contributed by atoms with van der Waals surface area (Å²) in [5.74, 6) is -0.839. The minimum absolute atomic E-state index is 0.0551. The Morgan fingerprint density at radius 1 is 0.811 bits per heavy atom. The summed E-state index contributed by atoms with van der Waals surface area (Å²) in [7, 11) is 0. The fourth-order valence-corrected chi connectivity index (χ4v) is 4.68. The van der Waals surface area contributed by atoms with Gasteiger partial charge in [-0.3, -0.25) is 9.59 Å². The maximum Gasteiger partial charge on any atom is 0.317 e. The zero-order chi connectivity index (χ0) is 26.6. The molecule has 9 heteroatoms. The highest BCUT2D eigenvalue weighted by molar-refractivity contribution is 6.06. The molecule has 2 heterocycles. The summed E-state index contributed by atoms with van der Waals surface area (Å²) in [5, 5.41) is 5.84. The average molecular weight is 510 g/mol. The molecule has 0 atom stereocenters. The van der Waals surface area contributed by atoms with Crippen LogP contribution in [0.3, 0.4) is 0 Å². The Morgan fingerprint density at radius 3 is 2.08 bits per heavy atom. The summed E-state index contributed by atoms with van der Waals surface area (Å²) in [5.41, 5.74) is 1.86. The highest BCUT2D eigenvalue weighted by Gasteiger charge is 2.28. The highest BCUT2D eigenvalue weighted by atomic mass is 19.1. The molecule has 2 aromatic carbocycles. The molecule has 2 aliphatic rings. The second kappa shape index (κ2) is 11.2. The molecule has 0 unspecified atom stereocenters. The monoisotopic (exact) mass is 509 g/mol. The van der Waals surface area contributed by atoms with Gasteiger partial charge >= 0.3 is 6.03 Å². The molecule has 0 saturated carbocycles. The van der Waals surface area contributed by atoms with Gasteiger partial charge in [-0.05, 0) is 82.5 Å². The first kappa shape index (κ1) is 26.4. The van der Waals surface area contributed by atoms with Crippen LogP contribution in [0, 0.1) is 5.82 Å². The standard InChI is InChI=1S/C28H36FN5O3/c1-28(2,3)31-27(37)34-17-15-32(16-18-34)24-12-11-22(30-25(35)20-7-9-21(29)10-8-20)19-23(24)26(36)33-13-5-4-6-14-33/h7-12,19H,4-6,13-18H2,1-3H3,(H,30,35)(H,31,37). The third-order valence-corrected chi connectivity index (χ3v) is 6.62. The fraction of sp³-hybridized carbons (Fsp3) is 0.464. The van der Waals surface area contributed by atoms with Gasteiger partial charge in [0.15, 0.2) is 0 Å². The molecular formula is C28H36FN5O3. The summed E-state index contributed by atoms with van der Waals surface area (Å²) in [6, 6.07) is 10.6. The molecule has 4 rings (SSSR count). The van der Waals surface area contributed by atoms with Gasteiger partial charge in [-0.1, -0.05) is 0 Å². The molecule has 0 aromatic heterocycles. The molecule has 2 saturated heterocycles. The van der Waals surface area contributed by atoms with Crippen molar-refractivity contribution in [1.82, 2.24) is 15.1 Å². The summed E-state index contributed by atoms with van der Waals surface area (Å²) in [6.07, 6.45) is 3.07. The van der Waals surface area contributed by atoms with Gasteiger partial charge in [-0.2, -0.15) is 0 Å². The minimum atomic E-state index is -0.411. The molecule has 4 amide bonds. The lowest BCUT2D eigenvalue weighted by Crippen LogP contribution is -2.55. The number of likely N-dealkylation sites (tertiary alicyclic amines) is 1. The second-order valence-corrected chi connectivity index (χ2v) is 10.7. The number of hydrogen-bond acceptors (Lipinski definition) is 4. The van der Waals surface area contributed by atoms with Crippen LogP contribution in [0.4, 0.5) is 20.6 Å². The number of amides is 4. The van der Waals surface area contributed by atoms with Crippen LogP contribution < -0.4 is 15.5 Å². The predicted molar refractivity (Wildman–Crippen MR) is 143 cm³/mol. The van der Waals surface area contributed by atoms with Crippen molar-refractivity contribution in [3.05, 3.63) is 59.4 Å². The van der Waals surface area contributed by atoms with Crippen LogP contribution >= 0.6 is 0 Å². The van der Waals surface area contributed by atoms with Gasteiger partial charge in [0.05, 0.1) is 5.56 Å². The number of rotatable bonds is 4. The topological polar surface area (TPSA) is 85.0 Å². The van der Waals surface area contributed by atoms with Crippen LogP contribution in [0.2, 0.25) is 0 Å². The number of piperidine rings is 1. The fourth-order valence-electron chi connectivity index (χ4n) is 4.68. The van der Waals surface area contributed by atoms with Gasteiger partial charge in [0.2, 0.25) is 0 Å². The Kier molecular flexibility index (Phi) is 8.00. The van der Waals surface area contributed by atoms with Gasteiger partial charge in [0.25, 0.3) is 11.8 Å². The van der Waals surface area contributed by atoms with E-state index in [1.807, 2.05) is 31.7 Å². The van der Waals surface area contributed by atoms with Crippen molar-refractivity contribution in [3.8, 4) is 0 Å². The molecule has 2 N–H and O–H groups in total. The lowest BCUT2D eigenvalue weighted by Gasteiger charge is -2.38. The largest absolute Gasteiger partial charge is 0.367 e. The number of carbonyl (C=O) groups excluding carboxylic acids is 3. The van der Waals surface area contributed by atoms with Crippen molar-refractivity contribution < 1.29 is 18.8 Å². The first-order valence-corrected chi connectivity index (χ1v) is 12.9. The van der Waals surface area contributed by atoms with Gasteiger partial charge in [-0.25, -0.2) is 9.18 Å². The van der Waals surface area contributed by atoms with E-state index < -0.39 is 5.82 Å². The number of anilines is 2. The summed E-state index contributed by atoms with van der Waals surface area (Å²) in [4.78, 5) is 44.7. The molecule has 0 radical (unpaired) electrons. The second-order valence-electron chi connectivity index (χ2n) is 10.7. The van der Waals surface area contributed by atoms with E-state index >= 15 is 0 Å². The van der Waals surface area contributed by atoms with Crippen LogP contribution in [0.1, 0.15) is 60.7 Å². The summed E-state index contributed by atoms with van der Waals surface area (Å²) < 4.78 is 13.3. The van der Waals surface area contributed by atoms with Gasteiger partial charge in [-0.15, -0.1) is 0 Å². The zero-order valence-electron chi connectivity index (χ0n) is 21.8. The van der Waals surface area contributed by atoms with E-state index in [2.05, 4.69) is 15.5 Å². The number of urea groups is 1.